The van der Waals surface area contributed by atoms with Crippen LogP contribution in [0.1, 0.15) is 36.8 Å². The number of aliphatic carboxylic acids is 1. The summed E-state index contributed by atoms with van der Waals surface area (Å²) in [4.78, 5) is 37.7. The van der Waals surface area contributed by atoms with E-state index in [1.165, 1.54) is 0 Å². The number of β-amino-alcohol motifs (C(OH)–C–C–N with tert-alkyl or cyclic N) is 1. The summed E-state index contributed by atoms with van der Waals surface area (Å²) in [6.45, 7) is 2.25. The molecule has 1 saturated heterocycles. The molecule has 0 spiro atoms. The van der Waals surface area contributed by atoms with Crippen LogP contribution in [0.25, 0.3) is 11.1 Å². The van der Waals surface area contributed by atoms with Gasteiger partial charge in [0.25, 0.3) is 0 Å². The summed E-state index contributed by atoms with van der Waals surface area (Å²) in [6, 6.07) is 15.1. The first-order valence-corrected chi connectivity index (χ1v) is 11.8. The molecule has 1 heterocycles. The van der Waals surface area contributed by atoms with Gasteiger partial charge in [0.15, 0.2) is 0 Å². The Labute approximate surface area is 203 Å². The van der Waals surface area contributed by atoms with Gasteiger partial charge in [0.2, 0.25) is 5.91 Å². The van der Waals surface area contributed by atoms with E-state index in [1.54, 1.807) is 6.92 Å². The molecule has 2 amide bonds. The number of fused-ring (bicyclic) bond motifs is 3. The number of aliphatic hydroxyl groups is 1. The molecule has 0 radical (unpaired) electrons. The molecule has 186 valence electrons. The number of likely N-dealkylation sites (tertiary alicyclic amines) is 1. The third-order valence-corrected chi connectivity index (χ3v) is 6.51. The number of aliphatic hydroxyl groups excluding tert-OH is 1. The van der Waals surface area contributed by atoms with Crippen LogP contribution in [0.4, 0.5) is 4.79 Å². The molecule has 2 aromatic carbocycles. The molecular formula is C26H30N2O7. The monoisotopic (exact) mass is 482 g/mol. The van der Waals surface area contributed by atoms with Crippen LogP contribution in [0.15, 0.2) is 48.5 Å². The van der Waals surface area contributed by atoms with E-state index < -0.39 is 36.2 Å². The maximum absolute atomic E-state index is 12.7. The van der Waals surface area contributed by atoms with Crippen molar-refractivity contribution in [2.75, 3.05) is 26.3 Å². The predicted molar refractivity (Wildman–Crippen MR) is 127 cm³/mol. The molecule has 3 N–H and O–H groups in total. The smallest absolute Gasteiger partial charge is 0.407 e. The fraction of sp³-hybridized carbons (Fsp3) is 0.423. The third-order valence-electron chi connectivity index (χ3n) is 6.51. The van der Waals surface area contributed by atoms with E-state index in [0.29, 0.717) is 6.61 Å². The molecule has 1 aliphatic carbocycles. The molecule has 4 rings (SSSR count). The van der Waals surface area contributed by atoms with Crippen molar-refractivity contribution in [2.45, 2.75) is 43.9 Å². The number of carbonyl (C=O) groups excluding carboxylic acids is 2. The van der Waals surface area contributed by atoms with Gasteiger partial charge in [0.05, 0.1) is 18.6 Å². The number of carbonyl (C=O) groups is 3. The van der Waals surface area contributed by atoms with Crippen LogP contribution >= 0.6 is 0 Å². The highest BCUT2D eigenvalue weighted by molar-refractivity contribution is 5.85. The topological polar surface area (TPSA) is 125 Å². The zero-order valence-electron chi connectivity index (χ0n) is 19.6. The average molecular weight is 483 g/mol. The molecule has 1 fully saturated rings. The highest BCUT2D eigenvalue weighted by Crippen LogP contribution is 2.44. The number of carboxylic acids is 1. The largest absolute Gasteiger partial charge is 0.480 e. The fourth-order valence-corrected chi connectivity index (χ4v) is 4.91. The molecule has 2 aromatic rings. The molecule has 9 heteroatoms. The normalized spacial score (nSPS) is 19.7. The Morgan fingerprint density at radius 1 is 1.09 bits per heavy atom. The molecule has 0 saturated carbocycles. The lowest BCUT2D eigenvalue weighted by molar-refractivity contribution is -0.149. The van der Waals surface area contributed by atoms with Crippen molar-refractivity contribution in [2.24, 2.45) is 0 Å². The van der Waals surface area contributed by atoms with E-state index in [4.69, 9.17) is 9.47 Å². The minimum absolute atomic E-state index is 0.00161. The summed E-state index contributed by atoms with van der Waals surface area (Å²) in [6.07, 6.45) is -2.26. The van der Waals surface area contributed by atoms with Crippen LogP contribution in [0.2, 0.25) is 0 Å². The minimum atomic E-state index is -1.15. The van der Waals surface area contributed by atoms with Crippen molar-refractivity contribution in [1.29, 1.82) is 0 Å². The van der Waals surface area contributed by atoms with Gasteiger partial charge in [-0.15, -0.1) is 0 Å². The first kappa shape index (κ1) is 24.7. The molecule has 3 atom stereocenters. The summed E-state index contributed by atoms with van der Waals surface area (Å²) < 4.78 is 11.1. The lowest BCUT2D eigenvalue weighted by atomic mass is 9.98. The van der Waals surface area contributed by atoms with E-state index in [2.05, 4.69) is 17.4 Å². The number of nitrogens with one attached hydrogen (secondary N) is 1. The summed E-state index contributed by atoms with van der Waals surface area (Å²) in [5.41, 5.74) is 4.50. The Balaban J connectivity index is 1.32. The number of hydrogen-bond donors (Lipinski definition) is 3. The van der Waals surface area contributed by atoms with E-state index in [9.17, 15) is 24.6 Å². The van der Waals surface area contributed by atoms with Crippen molar-refractivity contribution in [1.82, 2.24) is 10.2 Å². The van der Waals surface area contributed by atoms with Crippen molar-refractivity contribution in [3.8, 4) is 11.1 Å². The Morgan fingerprint density at radius 3 is 2.31 bits per heavy atom. The number of rotatable bonds is 9. The standard InChI is InChI=1S/C26H30N2O7/c1-2-34-17(12-24(30)28-14-16(29)11-23(28)25(31)32)13-27-26(33)35-15-22-20-9-5-3-7-18(20)19-8-4-6-10-21(19)22/h3-10,16-17,22-23,29H,2,11-15H2,1H3,(H,27,33)(H,31,32)/t16-,17?,23-/m1/s1. The van der Waals surface area contributed by atoms with Crippen molar-refractivity contribution in [3.05, 3.63) is 59.7 Å². The number of nitrogens with zero attached hydrogens (tertiary/aromatic N) is 1. The van der Waals surface area contributed by atoms with Crippen LogP contribution < -0.4 is 5.32 Å². The maximum atomic E-state index is 12.7. The molecule has 0 aromatic heterocycles. The second-order valence-corrected chi connectivity index (χ2v) is 8.78. The summed E-state index contributed by atoms with van der Waals surface area (Å²) in [5.74, 6) is -1.66. The van der Waals surface area contributed by atoms with Crippen LogP contribution in [-0.4, -0.2) is 77.6 Å². The number of amides is 2. The van der Waals surface area contributed by atoms with E-state index in [0.717, 1.165) is 27.2 Å². The lowest BCUT2D eigenvalue weighted by Gasteiger charge is -2.24. The van der Waals surface area contributed by atoms with Crippen LogP contribution in [-0.2, 0) is 19.1 Å². The van der Waals surface area contributed by atoms with Gasteiger partial charge < -0.3 is 29.9 Å². The summed E-state index contributed by atoms with van der Waals surface area (Å²) >= 11 is 0. The SMILES string of the molecule is CCOC(CNC(=O)OCC1c2ccccc2-c2ccccc21)CC(=O)N1C[C@H](O)C[C@@H]1C(=O)O. The Kier molecular flexibility index (Phi) is 7.67. The zero-order chi connectivity index (χ0) is 24.9. The summed E-state index contributed by atoms with van der Waals surface area (Å²) in [7, 11) is 0. The third kappa shape index (κ3) is 5.47. The van der Waals surface area contributed by atoms with Gasteiger partial charge in [0.1, 0.15) is 12.6 Å². The second-order valence-electron chi connectivity index (χ2n) is 8.78. The van der Waals surface area contributed by atoms with Gasteiger partial charge in [-0.2, -0.15) is 0 Å². The number of alkyl carbamates (subject to hydrolysis) is 1. The van der Waals surface area contributed by atoms with Crippen LogP contribution in [0.3, 0.4) is 0 Å². The molecule has 2 aliphatic rings. The van der Waals surface area contributed by atoms with Gasteiger partial charge in [-0.25, -0.2) is 9.59 Å². The molecular weight excluding hydrogens is 452 g/mol. The molecule has 1 unspecified atom stereocenters. The van der Waals surface area contributed by atoms with Crippen molar-refractivity contribution < 1.29 is 34.1 Å². The van der Waals surface area contributed by atoms with E-state index in [-0.39, 0.29) is 38.5 Å². The van der Waals surface area contributed by atoms with E-state index >= 15 is 0 Å². The molecule has 0 bridgehead atoms. The number of carboxylic acid groups (broad SMARTS) is 1. The van der Waals surface area contributed by atoms with Crippen LogP contribution in [0, 0.1) is 0 Å². The highest BCUT2D eigenvalue weighted by Gasteiger charge is 2.39. The predicted octanol–water partition coefficient (Wildman–Crippen LogP) is 2.37. The average Bonchev–Trinajstić information content (AvgIpc) is 3.40. The quantitative estimate of drug-likeness (QED) is 0.501. The molecule has 9 nitrogen and oxygen atoms in total. The second kappa shape index (κ2) is 10.9. The number of ether oxygens (including phenoxy) is 2. The first-order chi connectivity index (χ1) is 16.9. The van der Waals surface area contributed by atoms with Gasteiger partial charge in [-0.3, -0.25) is 4.79 Å². The molecule has 35 heavy (non-hydrogen) atoms. The number of hydrogen-bond acceptors (Lipinski definition) is 6. The van der Waals surface area contributed by atoms with Crippen molar-refractivity contribution >= 4 is 18.0 Å². The maximum Gasteiger partial charge on any atom is 0.407 e. The van der Waals surface area contributed by atoms with Gasteiger partial charge in [-0.1, -0.05) is 48.5 Å². The highest BCUT2D eigenvalue weighted by atomic mass is 16.5. The molecule has 1 aliphatic heterocycles. The van der Waals surface area contributed by atoms with Crippen molar-refractivity contribution in [3.63, 3.8) is 0 Å². The Hall–Kier alpha value is -3.43. The number of benzene rings is 2. The summed E-state index contributed by atoms with van der Waals surface area (Å²) in [5, 5.41) is 21.8. The van der Waals surface area contributed by atoms with E-state index in [1.807, 2.05) is 36.4 Å². The zero-order valence-corrected chi connectivity index (χ0v) is 19.6. The lowest BCUT2D eigenvalue weighted by Crippen LogP contribution is -2.44. The Bertz CT molecular complexity index is 1040. The first-order valence-electron chi connectivity index (χ1n) is 11.8. The fourth-order valence-electron chi connectivity index (χ4n) is 4.91. The van der Waals surface area contributed by atoms with Gasteiger partial charge >= 0.3 is 12.1 Å². The van der Waals surface area contributed by atoms with Gasteiger partial charge in [-0.05, 0) is 29.2 Å². The van der Waals surface area contributed by atoms with Crippen LogP contribution in [0.5, 0.6) is 0 Å². The minimum Gasteiger partial charge on any atom is -0.480 e. The Morgan fingerprint density at radius 2 is 1.71 bits per heavy atom. The van der Waals surface area contributed by atoms with Gasteiger partial charge in [0, 0.05) is 32.0 Å².